The molecule has 0 bridgehead atoms. The molecule has 8 heteroatoms. The van der Waals surface area contributed by atoms with Gasteiger partial charge in [-0.3, -0.25) is 9.59 Å². The van der Waals surface area contributed by atoms with Gasteiger partial charge in [0.15, 0.2) is 0 Å². The van der Waals surface area contributed by atoms with Crippen molar-refractivity contribution in [2.45, 2.75) is 13.0 Å². The third-order valence-electron chi connectivity index (χ3n) is 3.89. The lowest BCUT2D eigenvalue weighted by Crippen LogP contribution is -2.30. The summed E-state index contributed by atoms with van der Waals surface area (Å²) in [4.78, 5) is 24.6. The maximum atomic E-state index is 13.7. The van der Waals surface area contributed by atoms with Crippen LogP contribution in [-0.2, 0) is 0 Å². The average molecular weight is 406 g/mol. The summed E-state index contributed by atoms with van der Waals surface area (Å²) in [5.41, 5.74) is 0.584. The molecule has 1 aromatic heterocycles. The smallest absolute Gasteiger partial charge is 0.272 e. The van der Waals surface area contributed by atoms with Gasteiger partial charge in [-0.15, -0.1) is 0 Å². The first-order chi connectivity index (χ1) is 12.9. The number of hydrogen-bond donors (Lipinski definition) is 1. The van der Waals surface area contributed by atoms with E-state index in [1.54, 1.807) is 31.2 Å². The molecule has 0 aliphatic rings. The SMILES string of the molecule is CC(NC(=O)c1ccc(=O)n(-c2ccccc2)n1)c1cc(F)c(Cl)cc1Cl. The van der Waals surface area contributed by atoms with Gasteiger partial charge in [0.05, 0.1) is 16.8 Å². The van der Waals surface area contributed by atoms with Crippen LogP contribution in [0.3, 0.4) is 0 Å². The highest BCUT2D eigenvalue weighted by Gasteiger charge is 2.18. The number of hydrogen-bond acceptors (Lipinski definition) is 3. The molecule has 0 aliphatic carbocycles. The minimum atomic E-state index is -0.632. The summed E-state index contributed by atoms with van der Waals surface area (Å²) in [5, 5.41) is 6.93. The van der Waals surface area contributed by atoms with Crippen LogP contribution in [0.15, 0.2) is 59.4 Å². The zero-order valence-electron chi connectivity index (χ0n) is 14.1. The minimum absolute atomic E-state index is 0.0378. The molecular weight excluding hydrogens is 392 g/mol. The molecule has 0 fully saturated rings. The Hall–Kier alpha value is -2.70. The molecule has 5 nitrogen and oxygen atoms in total. The minimum Gasteiger partial charge on any atom is -0.344 e. The van der Waals surface area contributed by atoms with Crippen molar-refractivity contribution in [3.63, 3.8) is 0 Å². The van der Waals surface area contributed by atoms with Crippen molar-refractivity contribution in [1.82, 2.24) is 15.1 Å². The summed E-state index contributed by atoms with van der Waals surface area (Å²) >= 11 is 11.8. The van der Waals surface area contributed by atoms with Gasteiger partial charge in [0.2, 0.25) is 0 Å². The van der Waals surface area contributed by atoms with E-state index >= 15 is 0 Å². The number of carbonyl (C=O) groups excluding carboxylic acids is 1. The van der Waals surface area contributed by atoms with Crippen molar-refractivity contribution in [3.05, 3.63) is 92.1 Å². The summed E-state index contributed by atoms with van der Waals surface area (Å²) in [6.45, 7) is 1.65. The molecule has 1 N–H and O–H groups in total. The normalized spacial score (nSPS) is 11.9. The third kappa shape index (κ3) is 4.18. The monoisotopic (exact) mass is 405 g/mol. The van der Waals surface area contributed by atoms with Crippen LogP contribution in [0.2, 0.25) is 10.0 Å². The van der Waals surface area contributed by atoms with E-state index < -0.39 is 17.8 Å². The van der Waals surface area contributed by atoms with E-state index in [2.05, 4.69) is 10.4 Å². The number of nitrogens with one attached hydrogen (secondary N) is 1. The first-order valence-electron chi connectivity index (χ1n) is 7.98. The fourth-order valence-electron chi connectivity index (χ4n) is 2.50. The van der Waals surface area contributed by atoms with E-state index in [9.17, 15) is 14.0 Å². The largest absolute Gasteiger partial charge is 0.344 e. The Bertz CT molecular complexity index is 1050. The topological polar surface area (TPSA) is 64.0 Å². The van der Waals surface area contributed by atoms with E-state index in [0.29, 0.717) is 11.3 Å². The molecule has 1 atom stereocenters. The number of aromatic nitrogens is 2. The molecule has 0 spiro atoms. The van der Waals surface area contributed by atoms with E-state index in [0.717, 1.165) is 4.68 Å². The van der Waals surface area contributed by atoms with Gasteiger partial charge < -0.3 is 5.32 Å². The van der Waals surface area contributed by atoms with Crippen LogP contribution in [0.5, 0.6) is 0 Å². The Kier molecular flexibility index (Phi) is 5.58. The van der Waals surface area contributed by atoms with Gasteiger partial charge in [-0.25, -0.2) is 4.39 Å². The van der Waals surface area contributed by atoms with Crippen LogP contribution in [0, 0.1) is 5.82 Å². The highest BCUT2D eigenvalue weighted by molar-refractivity contribution is 6.35. The van der Waals surface area contributed by atoms with Gasteiger partial charge in [0, 0.05) is 11.1 Å². The summed E-state index contributed by atoms with van der Waals surface area (Å²) < 4.78 is 14.8. The van der Waals surface area contributed by atoms with E-state index in [1.165, 1.54) is 24.3 Å². The fourth-order valence-corrected chi connectivity index (χ4v) is 3.05. The summed E-state index contributed by atoms with van der Waals surface area (Å²) in [6.07, 6.45) is 0. The standard InChI is InChI=1S/C19H14Cl2FN3O2/c1-11(13-9-16(22)15(21)10-14(13)20)23-19(27)17-7-8-18(26)25(24-17)12-5-3-2-4-6-12/h2-11H,1H3,(H,23,27). The average Bonchev–Trinajstić information content (AvgIpc) is 2.65. The second-order valence-corrected chi connectivity index (χ2v) is 6.60. The Balaban J connectivity index is 1.87. The van der Waals surface area contributed by atoms with Gasteiger partial charge >= 0.3 is 0 Å². The summed E-state index contributed by atoms with van der Waals surface area (Å²) in [7, 11) is 0. The van der Waals surface area contributed by atoms with Gasteiger partial charge in [-0.1, -0.05) is 41.4 Å². The lowest BCUT2D eigenvalue weighted by Gasteiger charge is -2.16. The number of amides is 1. The third-order valence-corrected chi connectivity index (χ3v) is 4.50. The quantitative estimate of drug-likeness (QED) is 0.662. The fraction of sp³-hybridized carbons (Fsp3) is 0.105. The number of halogens is 3. The summed E-state index contributed by atoms with van der Waals surface area (Å²) in [6, 6.07) is 13.2. The molecule has 3 rings (SSSR count). The number of carbonyl (C=O) groups is 1. The maximum absolute atomic E-state index is 13.7. The molecule has 3 aromatic rings. The van der Waals surface area contributed by atoms with Crippen molar-refractivity contribution < 1.29 is 9.18 Å². The number of benzene rings is 2. The second kappa shape index (κ2) is 7.90. The molecule has 1 amide bonds. The van der Waals surface area contributed by atoms with E-state index in [-0.39, 0.29) is 21.3 Å². The van der Waals surface area contributed by atoms with Crippen molar-refractivity contribution in [1.29, 1.82) is 0 Å². The molecule has 0 saturated heterocycles. The molecule has 27 heavy (non-hydrogen) atoms. The Morgan fingerprint density at radius 1 is 1.11 bits per heavy atom. The zero-order valence-corrected chi connectivity index (χ0v) is 15.6. The molecule has 0 saturated carbocycles. The maximum Gasteiger partial charge on any atom is 0.272 e. The van der Waals surface area contributed by atoms with Crippen LogP contribution in [-0.4, -0.2) is 15.7 Å². The molecule has 1 unspecified atom stereocenters. The first kappa shape index (κ1) is 19.1. The van der Waals surface area contributed by atoms with Crippen molar-refractivity contribution in [2.24, 2.45) is 0 Å². The van der Waals surface area contributed by atoms with Crippen molar-refractivity contribution in [3.8, 4) is 5.69 Å². The Morgan fingerprint density at radius 3 is 2.52 bits per heavy atom. The highest BCUT2D eigenvalue weighted by atomic mass is 35.5. The zero-order chi connectivity index (χ0) is 19.6. The van der Waals surface area contributed by atoms with Crippen LogP contribution in [0.25, 0.3) is 5.69 Å². The Labute approximate surface area is 164 Å². The van der Waals surface area contributed by atoms with Crippen LogP contribution < -0.4 is 10.9 Å². The van der Waals surface area contributed by atoms with E-state index in [1.807, 2.05) is 6.07 Å². The van der Waals surface area contributed by atoms with Crippen LogP contribution >= 0.6 is 23.2 Å². The lowest BCUT2D eigenvalue weighted by molar-refractivity contribution is 0.0933. The molecule has 0 aliphatic heterocycles. The number of nitrogens with zero attached hydrogens (tertiary/aromatic N) is 2. The van der Waals surface area contributed by atoms with Crippen LogP contribution in [0.1, 0.15) is 29.0 Å². The molecular formula is C19H14Cl2FN3O2. The number of rotatable bonds is 4. The molecule has 2 aromatic carbocycles. The van der Waals surface area contributed by atoms with Gasteiger partial charge in [0.1, 0.15) is 11.5 Å². The molecule has 1 heterocycles. The summed E-state index contributed by atoms with van der Waals surface area (Å²) in [5.74, 6) is -1.16. The highest BCUT2D eigenvalue weighted by Crippen LogP contribution is 2.28. The van der Waals surface area contributed by atoms with Crippen molar-refractivity contribution in [2.75, 3.05) is 0 Å². The van der Waals surface area contributed by atoms with Crippen LogP contribution in [0.4, 0.5) is 4.39 Å². The van der Waals surface area contributed by atoms with Crippen molar-refractivity contribution >= 4 is 29.1 Å². The van der Waals surface area contributed by atoms with E-state index in [4.69, 9.17) is 23.2 Å². The first-order valence-corrected chi connectivity index (χ1v) is 8.73. The lowest BCUT2D eigenvalue weighted by atomic mass is 10.1. The van der Waals surface area contributed by atoms with Gasteiger partial charge in [-0.05, 0) is 42.8 Å². The van der Waals surface area contributed by atoms with Gasteiger partial charge in [0.25, 0.3) is 11.5 Å². The predicted octanol–water partition coefficient (Wildman–Crippen LogP) is 4.17. The number of para-hydroxylation sites is 1. The molecule has 138 valence electrons. The second-order valence-electron chi connectivity index (χ2n) is 5.79. The predicted molar refractivity (Wildman–Crippen MR) is 102 cm³/mol. The van der Waals surface area contributed by atoms with Gasteiger partial charge in [-0.2, -0.15) is 9.78 Å². The molecule has 0 radical (unpaired) electrons. The Morgan fingerprint density at radius 2 is 1.81 bits per heavy atom.